The number of alkyl carbamates (subject to hydrolysis) is 1. The lowest BCUT2D eigenvalue weighted by Gasteiger charge is -2.22. The third-order valence-corrected chi connectivity index (χ3v) is 7.04. The lowest BCUT2D eigenvalue weighted by Crippen LogP contribution is -2.45. The van der Waals surface area contributed by atoms with Crippen LogP contribution in [-0.4, -0.2) is 42.3 Å². The van der Waals surface area contributed by atoms with Crippen molar-refractivity contribution in [2.24, 2.45) is 11.8 Å². The molecule has 0 aliphatic heterocycles. The molecule has 3 N–H and O–H groups in total. The number of carboxylic acid groups (broad SMARTS) is 1. The molecule has 2 aliphatic carbocycles. The summed E-state index contributed by atoms with van der Waals surface area (Å²) in [5, 5.41) is 14.8. The number of carbonyl (C=O) groups is 3. The topological polar surface area (TPSA) is 105 Å². The monoisotopic (exact) mass is 464 g/mol. The first-order chi connectivity index (χ1) is 16.5. The van der Waals surface area contributed by atoms with Gasteiger partial charge in [0.05, 0.1) is 0 Å². The second-order valence-corrected chi connectivity index (χ2v) is 9.19. The third kappa shape index (κ3) is 5.08. The van der Waals surface area contributed by atoms with E-state index in [-0.39, 0.29) is 30.3 Å². The molecule has 0 aromatic heterocycles. The standard InChI is InChI=1S/C27H32N2O5/c1-2-8-24(26(31)32)29-25(30)18-14-7-9-17(18)15-28-27(33)34-16-23-21-12-5-3-10-19(21)20-11-4-6-13-22(20)23/h3-6,10-13,17-18,23-24H,2,7-9,14-16H2,1H3,(H,28,33)(H,29,30)(H,31,32)/t17?,18?,24-/m0/s1. The zero-order chi connectivity index (χ0) is 24.1. The van der Waals surface area contributed by atoms with Gasteiger partial charge in [-0.05, 0) is 47.4 Å². The maximum Gasteiger partial charge on any atom is 0.407 e. The zero-order valence-corrected chi connectivity index (χ0v) is 19.5. The SMILES string of the molecule is CCC[C@H](NC(=O)C1CCCC1CNC(=O)OCC1c2ccccc2-c2ccccc21)C(=O)O. The number of carboxylic acids is 1. The van der Waals surface area contributed by atoms with Crippen molar-refractivity contribution in [3.63, 3.8) is 0 Å². The minimum Gasteiger partial charge on any atom is -0.480 e. The minimum atomic E-state index is -1.01. The summed E-state index contributed by atoms with van der Waals surface area (Å²) in [7, 11) is 0. The van der Waals surface area contributed by atoms with Crippen molar-refractivity contribution in [3.05, 3.63) is 59.7 Å². The normalized spacial score (nSPS) is 19.7. The van der Waals surface area contributed by atoms with E-state index in [2.05, 4.69) is 34.9 Å². The molecule has 0 spiro atoms. The molecule has 1 saturated carbocycles. The number of aliphatic carboxylic acids is 1. The molecule has 0 radical (unpaired) electrons. The number of hydrogen-bond acceptors (Lipinski definition) is 4. The van der Waals surface area contributed by atoms with Crippen LogP contribution in [0.5, 0.6) is 0 Å². The van der Waals surface area contributed by atoms with E-state index in [1.54, 1.807) is 0 Å². The van der Waals surface area contributed by atoms with Crippen LogP contribution in [0.3, 0.4) is 0 Å². The summed E-state index contributed by atoms with van der Waals surface area (Å²) in [6, 6.07) is 15.5. The Morgan fingerprint density at radius 3 is 2.29 bits per heavy atom. The quantitative estimate of drug-likeness (QED) is 0.513. The van der Waals surface area contributed by atoms with Crippen molar-refractivity contribution in [2.75, 3.05) is 13.2 Å². The predicted molar refractivity (Wildman–Crippen MR) is 128 cm³/mol. The number of benzene rings is 2. The van der Waals surface area contributed by atoms with Crippen LogP contribution in [0.2, 0.25) is 0 Å². The summed E-state index contributed by atoms with van der Waals surface area (Å²) in [6.45, 7) is 2.46. The number of ether oxygens (including phenoxy) is 1. The highest BCUT2D eigenvalue weighted by Crippen LogP contribution is 2.44. The summed E-state index contributed by atoms with van der Waals surface area (Å²) in [4.78, 5) is 36.6. The summed E-state index contributed by atoms with van der Waals surface area (Å²) in [6.07, 6.45) is 2.96. The lowest BCUT2D eigenvalue weighted by atomic mass is 9.94. The first-order valence-electron chi connectivity index (χ1n) is 12.1. The van der Waals surface area contributed by atoms with E-state index in [0.29, 0.717) is 25.8 Å². The summed E-state index contributed by atoms with van der Waals surface area (Å²) in [5.41, 5.74) is 4.66. The van der Waals surface area contributed by atoms with Crippen molar-refractivity contribution in [3.8, 4) is 11.1 Å². The molecule has 0 bridgehead atoms. The number of amides is 2. The molecule has 34 heavy (non-hydrogen) atoms. The molecule has 7 nitrogen and oxygen atoms in total. The maximum absolute atomic E-state index is 12.7. The highest BCUT2D eigenvalue weighted by atomic mass is 16.5. The molecule has 7 heteroatoms. The largest absolute Gasteiger partial charge is 0.480 e. The molecule has 2 aliphatic rings. The van der Waals surface area contributed by atoms with Crippen molar-refractivity contribution in [1.29, 1.82) is 0 Å². The third-order valence-electron chi connectivity index (χ3n) is 7.04. The van der Waals surface area contributed by atoms with Crippen LogP contribution in [0.15, 0.2) is 48.5 Å². The van der Waals surface area contributed by atoms with Gasteiger partial charge in [0, 0.05) is 18.4 Å². The van der Waals surface area contributed by atoms with Crippen molar-refractivity contribution in [1.82, 2.24) is 10.6 Å². The minimum absolute atomic E-state index is 0.00493. The fourth-order valence-electron chi connectivity index (χ4n) is 5.32. The molecular weight excluding hydrogens is 432 g/mol. The number of rotatable bonds is 9. The Morgan fingerprint density at radius 1 is 1.03 bits per heavy atom. The average molecular weight is 465 g/mol. The molecular formula is C27H32N2O5. The Kier molecular flexibility index (Phi) is 7.50. The van der Waals surface area contributed by atoms with E-state index in [1.807, 2.05) is 31.2 Å². The van der Waals surface area contributed by atoms with E-state index >= 15 is 0 Å². The molecule has 0 saturated heterocycles. The molecule has 4 rings (SSSR count). The molecule has 0 heterocycles. The fraction of sp³-hybridized carbons (Fsp3) is 0.444. The maximum atomic E-state index is 12.7. The second kappa shape index (κ2) is 10.7. The molecule has 2 aromatic rings. The van der Waals surface area contributed by atoms with Crippen LogP contribution >= 0.6 is 0 Å². The smallest absolute Gasteiger partial charge is 0.407 e. The van der Waals surface area contributed by atoms with Crippen LogP contribution < -0.4 is 10.6 Å². The van der Waals surface area contributed by atoms with Crippen LogP contribution in [0.4, 0.5) is 4.79 Å². The van der Waals surface area contributed by atoms with Crippen molar-refractivity contribution < 1.29 is 24.2 Å². The van der Waals surface area contributed by atoms with Gasteiger partial charge in [0.2, 0.25) is 5.91 Å². The molecule has 2 unspecified atom stereocenters. The Balaban J connectivity index is 1.30. The van der Waals surface area contributed by atoms with Gasteiger partial charge in [-0.3, -0.25) is 4.79 Å². The van der Waals surface area contributed by atoms with Gasteiger partial charge < -0.3 is 20.5 Å². The highest BCUT2D eigenvalue weighted by molar-refractivity contribution is 5.85. The molecule has 3 atom stereocenters. The van der Waals surface area contributed by atoms with Gasteiger partial charge >= 0.3 is 12.1 Å². The molecule has 2 aromatic carbocycles. The summed E-state index contributed by atoms with van der Waals surface area (Å²) in [5.74, 6) is -1.59. The van der Waals surface area contributed by atoms with Gasteiger partial charge in [-0.2, -0.15) is 0 Å². The molecule has 1 fully saturated rings. The number of hydrogen-bond donors (Lipinski definition) is 3. The van der Waals surface area contributed by atoms with E-state index in [0.717, 1.165) is 24.0 Å². The first kappa shape index (κ1) is 23.8. The van der Waals surface area contributed by atoms with Crippen LogP contribution in [0.1, 0.15) is 56.1 Å². The van der Waals surface area contributed by atoms with E-state index in [9.17, 15) is 19.5 Å². The number of carbonyl (C=O) groups excluding carboxylic acids is 2. The van der Waals surface area contributed by atoms with E-state index < -0.39 is 18.1 Å². The Labute approximate surface area is 199 Å². The average Bonchev–Trinajstić information content (AvgIpc) is 3.44. The number of fused-ring (bicyclic) bond motifs is 3. The van der Waals surface area contributed by atoms with Crippen LogP contribution in [0, 0.1) is 11.8 Å². The van der Waals surface area contributed by atoms with Crippen molar-refractivity contribution in [2.45, 2.75) is 51.0 Å². The summed E-state index contributed by atoms with van der Waals surface area (Å²) < 4.78 is 5.59. The van der Waals surface area contributed by atoms with Gasteiger partial charge in [0.1, 0.15) is 12.6 Å². The Bertz CT molecular complexity index is 1010. The van der Waals surface area contributed by atoms with Gasteiger partial charge in [0.25, 0.3) is 0 Å². The first-order valence-corrected chi connectivity index (χ1v) is 12.1. The second-order valence-electron chi connectivity index (χ2n) is 9.19. The van der Waals surface area contributed by atoms with E-state index in [4.69, 9.17) is 4.74 Å². The Hall–Kier alpha value is -3.35. The molecule has 180 valence electrons. The van der Waals surface area contributed by atoms with Gasteiger partial charge in [0.15, 0.2) is 0 Å². The van der Waals surface area contributed by atoms with Gasteiger partial charge in [-0.25, -0.2) is 9.59 Å². The predicted octanol–water partition coefficient (Wildman–Crippen LogP) is 4.31. The van der Waals surface area contributed by atoms with E-state index in [1.165, 1.54) is 11.1 Å². The number of nitrogens with one attached hydrogen (secondary N) is 2. The lowest BCUT2D eigenvalue weighted by molar-refractivity contribution is -0.142. The molecule has 2 amide bonds. The van der Waals surface area contributed by atoms with Gasteiger partial charge in [-0.1, -0.05) is 68.3 Å². The fourth-order valence-corrected chi connectivity index (χ4v) is 5.32. The zero-order valence-electron chi connectivity index (χ0n) is 19.5. The van der Waals surface area contributed by atoms with Crippen molar-refractivity contribution >= 4 is 18.0 Å². The summed E-state index contributed by atoms with van der Waals surface area (Å²) >= 11 is 0. The Morgan fingerprint density at radius 2 is 1.68 bits per heavy atom. The highest BCUT2D eigenvalue weighted by Gasteiger charge is 2.35. The van der Waals surface area contributed by atoms with Crippen LogP contribution in [-0.2, 0) is 14.3 Å². The van der Waals surface area contributed by atoms with Gasteiger partial charge in [-0.15, -0.1) is 0 Å². The van der Waals surface area contributed by atoms with Crippen LogP contribution in [0.25, 0.3) is 11.1 Å².